The number of hydrogen-bond donors (Lipinski definition) is 1. The number of rotatable bonds is 3. The summed E-state index contributed by atoms with van der Waals surface area (Å²) < 4.78 is 0. The lowest BCUT2D eigenvalue weighted by molar-refractivity contribution is 0.0787. The van der Waals surface area contributed by atoms with Gasteiger partial charge in [-0.3, -0.25) is 4.79 Å². The van der Waals surface area contributed by atoms with Crippen LogP contribution in [0.3, 0.4) is 0 Å². The summed E-state index contributed by atoms with van der Waals surface area (Å²) in [6, 6.07) is 7.05. The second kappa shape index (κ2) is 6.32. The Balaban J connectivity index is 1.61. The molecule has 2 heterocycles. The molecule has 2 aromatic rings. The van der Waals surface area contributed by atoms with Gasteiger partial charge in [-0.25, -0.2) is 9.97 Å². The van der Waals surface area contributed by atoms with E-state index >= 15 is 0 Å². The van der Waals surface area contributed by atoms with Gasteiger partial charge < -0.3 is 10.6 Å². The van der Waals surface area contributed by atoms with Crippen LogP contribution < -0.4 is 5.73 Å². The fourth-order valence-electron chi connectivity index (χ4n) is 2.69. The number of amides is 1. The third kappa shape index (κ3) is 3.36. The van der Waals surface area contributed by atoms with Crippen molar-refractivity contribution in [2.45, 2.75) is 12.8 Å². The number of likely N-dealkylation sites (tertiary alicyclic amines) is 1. The summed E-state index contributed by atoms with van der Waals surface area (Å²) in [7, 11) is 0. The van der Waals surface area contributed by atoms with Crippen LogP contribution in [0.25, 0.3) is 0 Å². The van der Waals surface area contributed by atoms with Crippen molar-refractivity contribution in [2.24, 2.45) is 5.92 Å². The van der Waals surface area contributed by atoms with Gasteiger partial charge in [0.25, 0.3) is 5.91 Å². The third-order valence-electron chi connectivity index (χ3n) is 3.88. The molecule has 1 aromatic carbocycles. The Labute approximate surface area is 134 Å². The molecule has 22 heavy (non-hydrogen) atoms. The second-order valence-electron chi connectivity index (χ2n) is 5.55. The average Bonchev–Trinajstić information content (AvgIpc) is 2.98. The van der Waals surface area contributed by atoms with Gasteiger partial charge in [-0.2, -0.15) is 0 Å². The van der Waals surface area contributed by atoms with Gasteiger partial charge in [0, 0.05) is 43.2 Å². The van der Waals surface area contributed by atoms with Gasteiger partial charge in [-0.1, -0.05) is 11.6 Å². The molecule has 0 unspecified atom stereocenters. The Hall–Kier alpha value is -2.14. The number of aromatic nitrogens is 2. The molecule has 0 radical (unpaired) electrons. The monoisotopic (exact) mass is 316 g/mol. The molecule has 114 valence electrons. The molecule has 1 fully saturated rings. The van der Waals surface area contributed by atoms with Crippen molar-refractivity contribution in [2.75, 3.05) is 18.8 Å². The third-order valence-corrected chi connectivity index (χ3v) is 4.07. The molecule has 2 N–H and O–H groups in total. The highest BCUT2D eigenvalue weighted by Gasteiger charge is 2.27. The summed E-state index contributed by atoms with van der Waals surface area (Å²) in [5, 5.41) is 0.537. The summed E-state index contributed by atoms with van der Waals surface area (Å²) >= 11 is 5.79. The van der Waals surface area contributed by atoms with Crippen LogP contribution in [0.1, 0.15) is 22.6 Å². The smallest absolute Gasteiger partial charge is 0.253 e. The molecule has 0 saturated carbocycles. The van der Waals surface area contributed by atoms with Gasteiger partial charge >= 0.3 is 0 Å². The zero-order chi connectivity index (χ0) is 15.5. The van der Waals surface area contributed by atoms with Crippen LogP contribution >= 0.6 is 11.6 Å². The molecule has 1 aromatic heterocycles. The fourth-order valence-corrected chi connectivity index (χ4v) is 2.79. The maximum absolute atomic E-state index is 12.4. The summed E-state index contributed by atoms with van der Waals surface area (Å²) in [5.41, 5.74) is 6.99. The minimum Gasteiger partial charge on any atom is -0.399 e. The van der Waals surface area contributed by atoms with E-state index in [4.69, 9.17) is 17.3 Å². The highest BCUT2D eigenvalue weighted by Crippen LogP contribution is 2.22. The highest BCUT2D eigenvalue weighted by atomic mass is 35.5. The number of nitrogens with two attached hydrogens (primary N) is 1. The Kier molecular flexibility index (Phi) is 4.24. The summed E-state index contributed by atoms with van der Waals surface area (Å²) in [4.78, 5) is 22.8. The van der Waals surface area contributed by atoms with Gasteiger partial charge in [0.05, 0.1) is 5.02 Å². The van der Waals surface area contributed by atoms with E-state index in [0.717, 1.165) is 31.8 Å². The summed E-state index contributed by atoms with van der Waals surface area (Å²) in [6.07, 6.45) is 4.95. The molecule has 0 aliphatic carbocycles. The Bertz CT molecular complexity index is 657. The molecule has 1 aliphatic heterocycles. The minimum absolute atomic E-state index is 0.0551. The predicted octanol–water partition coefficient (Wildman–Crippen LogP) is 2.42. The van der Waals surface area contributed by atoms with Crippen LogP contribution in [0.15, 0.2) is 36.7 Å². The first-order chi connectivity index (χ1) is 10.6. The van der Waals surface area contributed by atoms with Crippen molar-refractivity contribution < 1.29 is 4.79 Å². The molecule has 1 saturated heterocycles. The Morgan fingerprint density at radius 2 is 1.95 bits per heavy atom. The van der Waals surface area contributed by atoms with E-state index in [2.05, 4.69) is 9.97 Å². The van der Waals surface area contributed by atoms with E-state index in [1.807, 2.05) is 4.90 Å². The number of halogens is 1. The molecule has 3 rings (SSSR count). The average molecular weight is 317 g/mol. The fraction of sp³-hybridized carbons (Fsp3) is 0.312. The first-order valence-electron chi connectivity index (χ1n) is 7.23. The van der Waals surface area contributed by atoms with Crippen molar-refractivity contribution in [3.05, 3.63) is 53.1 Å². The van der Waals surface area contributed by atoms with E-state index in [1.165, 1.54) is 0 Å². The maximum atomic E-state index is 12.4. The number of nitrogens with zero attached hydrogens (tertiary/aromatic N) is 3. The van der Waals surface area contributed by atoms with Crippen LogP contribution in [0, 0.1) is 5.92 Å². The van der Waals surface area contributed by atoms with Crippen molar-refractivity contribution in [3.63, 3.8) is 0 Å². The van der Waals surface area contributed by atoms with Gasteiger partial charge in [0.2, 0.25) is 0 Å². The molecular formula is C16H17ClN4O. The predicted molar refractivity (Wildman–Crippen MR) is 85.6 cm³/mol. The molecule has 1 aliphatic rings. The van der Waals surface area contributed by atoms with Crippen LogP contribution in [-0.2, 0) is 6.42 Å². The van der Waals surface area contributed by atoms with Gasteiger partial charge in [-0.05, 0) is 36.6 Å². The molecular weight excluding hydrogens is 300 g/mol. The summed E-state index contributed by atoms with van der Waals surface area (Å²) in [5.74, 6) is 1.22. The lowest BCUT2D eigenvalue weighted by atomic mass is 10.0. The number of carbonyl (C=O) groups excluding carboxylic acids is 1. The topological polar surface area (TPSA) is 72.1 Å². The number of carbonyl (C=O) groups is 1. The number of benzene rings is 1. The van der Waals surface area contributed by atoms with Gasteiger partial charge in [-0.15, -0.1) is 0 Å². The van der Waals surface area contributed by atoms with Gasteiger partial charge in [0.15, 0.2) is 0 Å². The van der Waals surface area contributed by atoms with Crippen LogP contribution in [-0.4, -0.2) is 33.9 Å². The SMILES string of the molecule is Nc1ccc(C(=O)N2CC[C@@H](Cc3ncc(Cl)cn3)C2)cc1. The van der Waals surface area contributed by atoms with Crippen LogP contribution in [0.4, 0.5) is 5.69 Å². The van der Waals surface area contributed by atoms with E-state index < -0.39 is 0 Å². The standard InChI is InChI=1S/C16H17ClN4O/c17-13-8-19-15(20-9-13)7-11-5-6-21(10-11)16(22)12-1-3-14(18)4-2-12/h1-4,8-9,11H,5-7,10,18H2/t11-/m0/s1. The molecule has 5 nitrogen and oxygen atoms in total. The highest BCUT2D eigenvalue weighted by molar-refractivity contribution is 6.30. The van der Waals surface area contributed by atoms with E-state index in [9.17, 15) is 4.79 Å². The minimum atomic E-state index is 0.0551. The molecule has 0 spiro atoms. The first kappa shape index (κ1) is 14.8. The van der Waals surface area contributed by atoms with Crippen LogP contribution in [0.2, 0.25) is 5.02 Å². The lowest BCUT2D eigenvalue weighted by Gasteiger charge is -2.16. The number of nitrogen functional groups attached to an aromatic ring is 1. The van der Waals surface area contributed by atoms with Gasteiger partial charge in [0.1, 0.15) is 5.82 Å². The lowest BCUT2D eigenvalue weighted by Crippen LogP contribution is -2.29. The molecule has 6 heteroatoms. The Morgan fingerprint density at radius 1 is 1.27 bits per heavy atom. The van der Waals surface area contributed by atoms with Crippen molar-refractivity contribution in [1.82, 2.24) is 14.9 Å². The molecule has 1 amide bonds. The molecule has 0 bridgehead atoms. The zero-order valence-electron chi connectivity index (χ0n) is 12.1. The van der Waals surface area contributed by atoms with Crippen molar-refractivity contribution in [1.29, 1.82) is 0 Å². The quantitative estimate of drug-likeness (QED) is 0.883. The largest absolute Gasteiger partial charge is 0.399 e. The van der Waals surface area contributed by atoms with E-state index in [-0.39, 0.29) is 5.91 Å². The molecule has 1 atom stereocenters. The first-order valence-corrected chi connectivity index (χ1v) is 7.61. The van der Waals surface area contributed by atoms with Crippen LogP contribution in [0.5, 0.6) is 0 Å². The Morgan fingerprint density at radius 3 is 2.64 bits per heavy atom. The van der Waals surface area contributed by atoms with Crippen molar-refractivity contribution >= 4 is 23.2 Å². The maximum Gasteiger partial charge on any atom is 0.253 e. The second-order valence-corrected chi connectivity index (χ2v) is 5.99. The summed E-state index contributed by atoms with van der Waals surface area (Å²) in [6.45, 7) is 1.50. The number of anilines is 1. The van der Waals surface area contributed by atoms with E-state index in [0.29, 0.717) is 22.2 Å². The zero-order valence-corrected chi connectivity index (χ0v) is 12.8. The van der Waals surface area contributed by atoms with Crippen molar-refractivity contribution in [3.8, 4) is 0 Å². The van der Waals surface area contributed by atoms with E-state index in [1.54, 1.807) is 36.7 Å². The normalized spacial score (nSPS) is 17.7. The number of hydrogen-bond acceptors (Lipinski definition) is 4.